The molecule has 146 valence electrons. The van der Waals surface area contributed by atoms with Crippen LogP contribution in [0.25, 0.3) is 5.69 Å². The number of nitrogens with one attached hydrogen (secondary N) is 1. The van der Waals surface area contributed by atoms with E-state index in [9.17, 15) is 4.79 Å². The highest BCUT2D eigenvalue weighted by Crippen LogP contribution is 2.19. The highest BCUT2D eigenvalue weighted by atomic mass is 16.1. The van der Waals surface area contributed by atoms with Crippen molar-refractivity contribution in [1.29, 1.82) is 0 Å². The van der Waals surface area contributed by atoms with E-state index in [1.54, 1.807) is 4.68 Å². The summed E-state index contributed by atoms with van der Waals surface area (Å²) in [6.45, 7) is 4.73. The van der Waals surface area contributed by atoms with Crippen LogP contribution in [0.1, 0.15) is 24.1 Å². The van der Waals surface area contributed by atoms with Crippen LogP contribution in [0.5, 0.6) is 0 Å². The van der Waals surface area contributed by atoms with Crippen molar-refractivity contribution >= 4 is 5.69 Å². The summed E-state index contributed by atoms with van der Waals surface area (Å²) in [6, 6.07) is 20.6. The second-order valence-corrected chi connectivity index (χ2v) is 7.62. The fourth-order valence-electron chi connectivity index (χ4n) is 4.12. The monoisotopic (exact) mass is 376 g/mol. The van der Waals surface area contributed by atoms with Gasteiger partial charge in [0.25, 0.3) is 5.56 Å². The Hall–Kier alpha value is -2.79. The molecule has 1 aliphatic rings. The summed E-state index contributed by atoms with van der Waals surface area (Å²) in [6.07, 6.45) is 2.30. The van der Waals surface area contributed by atoms with Crippen molar-refractivity contribution in [2.45, 2.75) is 32.4 Å². The lowest BCUT2D eigenvalue weighted by Crippen LogP contribution is -2.42. The number of likely N-dealkylation sites (tertiary alicyclic amines) is 1. The Balaban J connectivity index is 1.52. The number of hydrogen-bond donors (Lipinski definition) is 1. The number of para-hydroxylation sites is 2. The number of rotatable bonds is 5. The minimum atomic E-state index is 0.0874. The number of aromatic nitrogens is 2. The van der Waals surface area contributed by atoms with E-state index in [0.29, 0.717) is 12.6 Å². The zero-order chi connectivity index (χ0) is 19.5. The zero-order valence-electron chi connectivity index (χ0n) is 16.6. The molecular weight excluding hydrogens is 348 g/mol. The summed E-state index contributed by atoms with van der Waals surface area (Å²) in [7, 11) is 1.96. The SMILES string of the molecule is Cc1c(CN2CCCC(Nc3ccccc3)C2)c(=O)n(-c2ccccc2)n1C. The topological polar surface area (TPSA) is 42.2 Å². The highest BCUT2D eigenvalue weighted by Gasteiger charge is 2.23. The zero-order valence-corrected chi connectivity index (χ0v) is 16.6. The predicted molar refractivity (Wildman–Crippen MR) is 114 cm³/mol. The van der Waals surface area contributed by atoms with Crippen molar-refractivity contribution in [1.82, 2.24) is 14.3 Å². The third-order valence-electron chi connectivity index (χ3n) is 5.71. The maximum atomic E-state index is 13.2. The molecule has 1 unspecified atom stereocenters. The van der Waals surface area contributed by atoms with Crippen LogP contribution in [0.4, 0.5) is 5.69 Å². The lowest BCUT2D eigenvalue weighted by molar-refractivity contribution is 0.207. The summed E-state index contributed by atoms with van der Waals surface area (Å²) < 4.78 is 3.74. The van der Waals surface area contributed by atoms with Crippen LogP contribution < -0.4 is 10.9 Å². The van der Waals surface area contributed by atoms with E-state index in [1.807, 2.05) is 55.1 Å². The standard InChI is InChI=1S/C23H28N4O/c1-18-22(23(28)27(25(18)2)21-13-7-4-8-14-21)17-26-15-9-12-20(16-26)24-19-10-5-3-6-11-19/h3-8,10-11,13-14,20,24H,9,12,15-17H2,1-2H3. The lowest BCUT2D eigenvalue weighted by atomic mass is 10.0. The first-order chi connectivity index (χ1) is 13.6. The Labute approximate surface area is 166 Å². The molecule has 1 aliphatic heterocycles. The van der Waals surface area contributed by atoms with Crippen LogP contribution in [-0.2, 0) is 13.6 Å². The first-order valence-corrected chi connectivity index (χ1v) is 10.0. The van der Waals surface area contributed by atoms with Crippen molar-refractivity contribution in [2.75, 3.05) is 18.4 Å². The van der Waals surface area contributed by atoms with Gasteiger partial charge in [0.15, 0.2) is 0 Å². The van der Waals surface area contributed by atoms with E-state index in [1.165, 1.54) is 0 Å². The average Bonchev–Trinajstić information content (AvgIpc) is 2.93. The van der Waals surface area contributed by atoms with Gasteiger partial charge in [-0.2, -0.15) is 0 Å². The molecule has 1 atom stereocenters. The minimum absolute atomic E-state index is 0.0874. The van der Waals surface area contributed by atoms with Gasteiger partial charge >= 0.3 is 0 Å². The Morgan fingerprint density at radius 2 is 1.71 bits per heavy atom. The van der Waals surface area contributed by atoms with Crippen LogP contribution in [0.3, 0.4) is 0 Å². The summed E-state index contributed by atoms with van der Waals surface area (Å²) >= 11 is 0. The molecular formula is C23H28N4O. The van der Waals surface area contributed by atoms with Crippen LogP contribution in [0, 0.1) is 6.92 Å². The average molecular weight is 377 g/mol. The highest BCUT2D eigenvalue weighted by molar-refractivity contribution is 5.43. The Morgan fingerprint density at radius 1 is 1.04 bits per heavy atom. The fourth-order valence-corrected chi connectivity index (χ4v) is 4.12. The van der Waals surface area contributed by atoms with E-state index < -0.39 is 0 Å². The van der Waals surface area contributed by atoms with E-state index in [2.05, 4.69) is 34.5 Å². The summed E-state index contributed by atoms with van der Waals surface area (Å²) in [5, 5.41) is 3.64. The van der Waals surface area contributed by atoms with E-state index in [-0.39, 0.29) is 5.56 Å². The maximum Gasteiger partial charge on any atom is 0.276 e. The molecule has 3 aromatic rings. The van der Waals surface area contributed by atoms with Gasteiger partial charge in [-0.3, -0.25) is 14.4 Å². The summed E-state index contributed by atoms with van der Waals surface area (Å²) in [4.78, 5) is 15.6. The van der Waals surface area contributed by atoms with Crippen molar-refractivity contribution in [2.24, 2.45) is 7.05 Å². The van der Waals surface area contributed by atoms with Gasteiger partial charge in [-0.15, -0.1) is 0 Å². The summed E-state index contributed by atoms with van der Waals surface area (Å²) in [5.74, 6) is 0. The van der Waals surface area contributed by atoms with E-state index >= 15 is 0 Å². The largest absolute Gasteiger partial charge is 0.381 e. The van der Waals surface area contributed by atoms with Gasteiger partial charge in [-0.25, -0.2) is 4.68 Å². The molecule has 28 heavy (non-hydrogen) atoms. The maximum absolute atomic E-state index is 13.2. The Morgan fingerprint density at radius 3 is 2.43 bits per heavy atom. The normalized spacial score (nSPS) is 17.6. The lowest BCUT2D eigenvalue weighted by Gasteiger charge is -2.33. The molecule has 1 aromatic heterocycles. The quantitative estimate of drug-likeness (QED) is 0.740. The smallest absolute Gasteiger partial charge is 0.276 e. The molecule has 1 N–H and O–H groups in total. The molecule has 0 amide bonds. The number of piperidine rings is 1. The number of nitrogens with zero attached hydrogens (tertiary/aromatic N) is 3. The third-order valence-corrected chi connectivity index (χ3v) is 5.71. The molecule has 4 rings (SSSR count). The van der Waals surface area contributed by atoms with Crippen molar-refractivity contribution < 1.29 is 0 Å². The van der Waals surface area contributed by atoms with Gasteiger partial charge in [-0.05, 0) is 50.6 Å². The molecule has 1 fully saturated rings. The Bertz CT molecular complexity index is 975. The number of hydrogen-bond acceptors (Lipinski definition) is 3. The molecule has 0 radical (unpaired) electrons. The molecule has 0 saturated carbocycles. The molecule has 1 saturated heterocycles. The Kier molecular flexibility index (Phi) is 5.35. The van der Waals surface area contributed by atoms with Gasteiger partial charge in [0, 0.05) is 37.6 Å². The van der Waals surface area contributed by atoms with E-state index in [4.69, 9.17) is 0 Å². The van der Waals surface area contributed by atoms with Gasteiger partial charge in [0.1, 0.15) is 0 Å². The molecule has 0 spiro atoms. The number of anilines is 1. The van der Waals surface area contributed by atoms with Gasteiger partial charge in [0.2, 0.25) is 0 Å². The van der Waals surface area contributed by atoms with Crippen LogP contribution in [-0.4, -0.2) is 33.4 Å². The second-order valence-electron chi connectivity index (χ2n) is 7.62. The predicted octanol–water partition coefficient (Wildman–Crippen LogP) is 3.56. The molecule has 2 heterocycles. The molecule has 0 aliphatic carbocycles. The van der Waals surface area contributed by atoms with Gasteiger partial charge in [0.05, 0.1) is 11.3 Å². The number of benzene rings is 2. The third kappa shape index (κ3) is 3.76. The first-order valence-electron chi connectivity index (χ1n) is 10.0. The van der Waals surface area contributed by atoms with Crippen molar-refractivity contribution in [3.05, 3.63) is 82.3 Å². The van der Waals surface area contributed by atoms with Crippen LogP contribution in [0.2, 0.25) is 0 Å². The molecule has 2 aromatic carbocycles. The first kappa shape index (κ1) is 18.6. The van der Waals surface area contributed by atoms with Crippen molar-refractivity contribution in [3.8, 4) is 5.69 Å². The van der Waals surface area contributed by atoms with Gasteiger partial charge < -0.3 is 5.32 Å². The summed E-state index contributed by atoms with van der Waals surface area (Å²) in [5.41, 5.74) is 4.09. The van der Waals surface area contributed by atoms with Crippen LogP contribution in [0.15, 0.2) is 65.5 Å². The van der Waals surface area contributed by atoms with E-state index in [0.717, 1.165) is 48.6 Å². The van der Waals surface area contributed by atoms with Crippen molar-refractivity contribution in [3.63, 3.8) is 0 Å². The van der Waals surface area contributed by atoms with Crippen LogP contribution >= 0.6 is 0 Å². The molecule has 5 nitrogen and oxygen atoms in total. The fraction of sp³-hybridized carbons (Fsp3) is 0.348. The second kappa shape index (κ2) is 8.07. The minimum Gasteiger partial charge on any atom is -0.381 e. The van der Waals surface area contributed by atoms with Gasteiger partial charge in [-0.1, -0.05) is 36.4 Å². The molecule has 5 heteroatoms. The molecule has 0 bridgehead atoms.